The minimum Gasteiger partial charge on any atom is -0.368 e. The van der Waals surface area contributed by atoms with Crippen molar-refractivity contribution >= 4 is 11.8 Å². The van der Waals surface area contributed by atoms with Gasteiger partial charge in [-0.25, -0.2) is 0 Å². The molecule has 0 aliphatic rings. The summed E-state index contributed by atoms with van der Waals surface area (Å²) in [6, 6.07) is 0. The van der Waals surface area contributed by atoms with Gasteiger partial charge in [-0.2, -0.15) is 0 Å². The summed E-state index contributed by atoms with van der Waals surface area (Å²) in [5, 5.41) is 0. The minimum absolute atomic E-state index is 0.0368. The average Bonchev–Trinajstić information content (AvgIpc) is 2.23. The lowest BCUT2D eigenvalue weighted by molar-refractivity contribution is -0.143. The Morgan fingerprint density at radius 2 is 1.87 bits per heavy atom. The Hall–Kier alpha value is -1.10. The molecular weight excluding hydrogens is 194 g/mol. The Kier molecular flexibility index (Phi) is 5.28. The summed E-state index contributed by atoms with van der Waals surface area (Å²) in [6.45, 7) is 6.23. The van der Waals surface area contributed by atoms with Crippen LogP contribution in [-0.4, -0.2) is 36.3 Å². The second-order valence-electron chi connectivity index (χ2n) is 3.90. The van der Waals surface area contributed by atoms with Crippen molar-refractivity contribution in [2.24, 2.45) is 16.9 Å². The number of primary amides is 1. The molecular formula is C10H21N3O2. The van der Waals surface area contributed by atoms with Crippen molar-refractivity contribution in [3.8, 4) is 0 Å². The third-order valence-electron chi connectivity index (χ3n) is 2.76. The average molecular weight is 215 g/mol. The first kappa shape index (κ1) is 13.9. The first-order valence-corrected chi connectivity index (χ1v) is 5.19. The molecule has 0 radical (unpaired) electrons. The van der Waals surface area contributed by atoms with E-state index in [1.54, 1.807) is 6.92 Å². The molecule has 1 unspecified atom stereocenters. The third-order valence-corrected chi connectivity index (χ3v) is 2.76. The maximum absolute atomic E-state index is 12.0. The number of carbonyl (C=O) groups is 2. The van der Waals surface area contributed by atoms with Crippen molar-refractivity contribution in [3.05, 3.63) is 0 Å². The normalized spacial score (nSPS) is 14.4. The molecule has 5 heteroatoms. The smallest absolute Gasteiger partial charge is 0.237 e. The summed E-state index contributed by atoms with van der Waals surface area (Å²) in [7, 11) is 0. The molecule has 0 aromatic carbocycles. The van der Waals surface area contributed by atoms with E-state index in [2.05, 4.69) is 0 Å². The number of hydrogen-bond donors (Lipinski definition) is 2. The first-order valence-electron chi connectivity index (χ1n) is 5.19. The number of likely N-dealkylation sites (N-methyl/N-ethyl adjacent to an activating group) is 1. The zero-order chi connectivity index (χ0) is 12.1. The van der Waals surface area contributed by atoms with Crippen LogP contribution in [0.5, 0.6) is 0 Å². The SMILES string of the molecule is CCN(CC(N)=O)C(=O)C(C)(CC)CN. The van der Waals surface area contributed by atoms with Crippen LogP contribution in [0.3, 0.4) is 0 Å². The largest absolute Gasteiger partial charge is 0.368 e. The van der Waals surface area contributed by atoms with E-state index in [4.69, 9.17) is 11.5 Å². The van der Waals surface area contributed by atoms with Crippen molar-refractivity contribution in [1.82, 2.24) is 4.90 Å². The molecule has 0 heterocycles. The molecule has 0 saturated carbocycles. The summed E-state index contributed by atoms with van der Waals surface area (Å²) < 4.78 is 0. The molecule has 4 N–H and O–H groups in total. The van der Waals surface area contributed by atoms with E-state index in [0.29, 0.717) is 13.0 Å². The molecule has 88 valence electrons. The van der Waals surface area contributed by atoms with Crippen LogP contribution in [0.25, 0.3) is 0 Å². The Morgan fingerprint density at radius 1 is 1.33 bits per heavy atom. The summed E-state index contributed by atoms with van der Waals surface area (Å²) >= 11 is 0. The Balaban J connectivity index is 4.70. The Bertz CT molecular complexity index is 237. The van der Waals surface area contributed by atoms with Gasteiger partial charge in [-0.05, 0) is 20.3 Å². The van der Waals surface area contributed by atoms with Gasteiger partial charge in [-0.15, -0.1) is 0 Å². The molecule has 1 atom stereocenters. The van der Waals surface area contributed by atoms with Crippen molar-refractivity contribution in [2.75, 3.05) is 19.6 Å². The van der Waals surface area contributed by atoms with Gasteiger partial charge in [0.05, 0.1) is 12.0 Å². The fourth-order valence-corrected chi connectivity index (χ4v) is 1.28. The second-order valence-corrected chi connectivity index (χ2v) is 3.90. The van der Waals surface area contributed by atoms with Gasteiger partial charge >= 0.3 is 0 Å². The van der Waals surface area contributed by atoms with Gasteiger partial charge in [0.25, 0.3) is 0 Å². The summed E-state index contributed by atoms with van der Waals surface area (Å²) in [5.74, 6) is -0.602. The van der Waals surface area contributed by atoms with Crippen molar-refractivity contribution in [1.29, 1.82) is 0 Å². The van der Waals surface area contributed by atoms with Crippen molar-refractivity contribution < 1.29 is 9.59 Å². The standard InChI is InChI=1S/C10H21N3O2/c1-4-10(3,7-11)9(15)13(5-2)6-8(12)14/h4-7,11H2,1-3H3,(H2,12,14). The van der Waals surface area contributed by atoms with E-state index >= 15 is 0 Å². The van der Waals surface area contributed by atoms with Crippen molar-refractivity contribution in [3.63, 3.8) is 0 Å². The molecule has 0 aromatic rings. The topological polar surface area (TPSA) is 89.4 Å². The molecule has 0 saturated heterocycles. The highest BCUT2D eigenvalue weighted by Crippen LogP contribution is 2.22. The van der Waals surface area contributed by atoms with Gasteiger partial charge in [0.1, 0.15) is 0 Å². The van der Waals surface area contributed by atoms with Crippen LogP contribution in [0.4, 0.5) is 0 Å². The molecule has 0 aromatic heterocycles. The molecule has 0 fully saturated rings. The summed E-state index contributed by atoms with van der Waals surface area (Å²) in [5.41, 5.74) is 10.1. The fraction of sp³-hybridized carbons (Fsp3) is 0.800. The molecule has 0 rings (SSSR count). The number of carbonyl (C=O) groups excluding carboxylic acids is 2. The van der Waals surface area contributed by atoms with Gasteiger partial charge < -0.3 is 16.4 Å². The van der Waals surface area contributed by atoms with Crippen LogP contribution >= 0.6 is 0 Å². The predicted molar refractivity (Wildman–Crippen MR) is 58.9 cm³/mol. The van der Waals surface area contributed by atoms with E-state index < -0.39 is 11.3 Å². The minimum atomic E-state index is -0.592. The van der Waals surface area contributed by atoms with Gasteiger partial charge in [0.15, 0.2) is 0 Å². The highest BCUT2D eigenvalue weighted by molar-refractivity contribution is 5.87. The fourth-order valence-electron chi connectivity index (χ4n) is 1.28. The first-order chi connectivity index (χ1) is 6.91. The second kappa shape index (κ2) is 5.70. The molecule has 0 bridgehead atoms. The number of rotatable bonds is 6. The van der Waals surface area contributed by atoms with Gasteiger partial charge in [-0.1, -0.05) is 6.92 Å². The monoisotopic (exact) mass is 215 g/mol. The van der Waals surface area contributed by atoms with Crippen LogP contribution in [0.15, 0.2) is 0 Å². The van der Waals surface area contributed by atoms with Crippen LogP contribution < -0.4 is 11.5 Å². The van der Waals surface area contributed by atoms with Gasteiger partial charge in [0.2, 0.25) is 11.8 Å². The Labute approximate surface area is 90.8 Å². The molecule has 0 aliphatic heterocycles. The lowest BCUT2D eigenvalue weighted by Crippen LogP contribution is -2.48. The summed E-state index contributed by atoms with van der Waals surface area (Å²) in [4.78, 5) is 24.2. The van der Waals surface area contributed by atoms with E-state index in [9.17, 15) is 9.59 Å². The van der Waals surface area contributed by atoms with Crippen LogP contribution in [0, 0.1) is 5.41 Å². The zero-order valence-electron chi connectivity index (χ0n) is 9.75. The van der Waals surface area contributed by atoms with Gasteiger partial charge in [0, 0.05) is 13.1 Å². The number of nitrogens with zero attached hydrogens (tertiary/aromatic N) is 1. The lowest BCUT2D eigenvalue weighted by atomic mass is 9.86. The third kappa shape index (κ3) is 3.51. The number of nitrogens with two attached hydrogens (primary N) is 2. The van der Waals surface area contributed by atoms with E-state index in [0.717, 1.165) is 0 Å². The lowest BCUT2D eigenvalue weighted by Gasteiger charge is -2.31. The maximum atomic E-state index is 12.0. The highest BCUT2D eigenvalue weighted by Gasteiger charge is 2.33. The molecule has 0 spiro atoms. The Morgan fingerprint density at radius 3 is 2.13 bits per heavy atom. The van der Waals surface area contributed by atoms with Crippen LogP contribution in [0.2, 0.25) is 0 Å². The molecule has 2 amide bonds. The highest BCUT2D eigenvalue weighted by atomic mass is 16.2. The van der Waals surface area contributed by atoms with E-state index in [-0.39, 0.29) is 19.0 Å². The van der Waals surface area contributed by atoms with Crippen molar-refractivity contribution in [2.45, 2.75) is 27.2 Å². The van der Waals surface area contributed by atoms with E-state index in [1.165, 1.54) is 4.90 Å². The summed E-state index contributed by atoms with van der Waals surface area (Å²) in [6.07, 6.45) is 0.650. The molecule has 15 heavy (non-hydrogen) atoms. The number of amides is 2. The van der Waals surface area contributed by atoms with Crippen LogP contribution in [-0.2, 0) is 9.59 Å². The number of hydrogen-bond acceptors (Lipinski definition) is 3. The van der Waals surface area contributed by atoms with Gasteiger partial charge in [-0.3, -0.25) is 9.59 Å². The van der Waals surface area contributed by atoms with Crippen LogP contribution in [0.1, 0.15) is 27.2 Å². The van der Waals surface area contributed by atoms with E-state index in [1.807, 2.05) is 13.8 Å². The zero-order valence-corrected chi connectivity index (χ0v) is 9.75. The molecule has 0 aliphatic carbocycles. The quantitative estimate of drug-likeness (QED) is 0.637. The predicted octanol–water partition coefficient (Wildman–Crippen LogP) is -0.305. The molecule has 5 nitrogen and oxygen atoms in total. The maximum Gasteiger partial charge on any atom is 0.237 e.